The van der Waals surface area contributed by atoms with Gasteiger partial charge in [0.05, 0.1) is 24.7 Å². The molecule has 1 N–H and O–H groups in total. The van der Waals surface area contributed by atoms with Crippen LogP contribution < -0.4 is 4.90 Å². The van der Waals surface area contributed by atoms with Gasteiger partial charge in [0.1, 0.15) is 5.82 Å². The first-order valence-corrected chi connectivity index (χ1v) is 10.3. The van der Waals surface area contributed by atoms with Gasteiger partial charge in [-0.25, -0.2) is 18.4 Å². The highest BCUT2D eigenvalue weighted by Gasteiger charge is 2.49. The molecule has 1 aliphatic heterocycles. The van der Waals surface area contributed by atoms with E-state index in [1.54, 1.807) is 0 Å². The summed E-state index contributed by atoms with van der Waals surface area (Å²) in [5.41, 5.74) is -1.20. The van der Waals surface area contributed by atoms with Crippen molar-refractivity contribution in [3.8, 4) is 0 Å². The van der Waals surface area contributed by atoms with E-state index in [0.29, 0.717) is 24.7 Å². The maximum Gasteiger partial charge on any atom is 0.224 e. The van der Waals surface area contributed by atoms with Gasteiger partial charge in [-0.3, -0.25) is 0 Å². The van der Waals surface area contributed by atoms with Gasteiger partial charge in [-0.2, -0.15) is 0 Å². The van der Waals surface area contributed by atoms with Crippen LogP contribution in [0.15, 0.2) is 18.7 Å². The van der Waals surface area contributed by atoms with Crippen LogP contribution in [-0.4, -0.2) is 61.0 Å². The number of morpholine rings is 1. The Morgan fingerprint density at radius 3 is 2.68 bits per heavy atom. The number of anilines is 1. The molecule has 0 bridgehead atoms. The second-order valence-electron chi connectivity index (χ2n) is 6.54. The Labute approximate surface area is 152 Å². The minimum atomic E-state index is -3.62. The molecule has 1 saturated heterocycles. The van der Waals surface area contributed by atoms with Crippen LogP contribution >= 0.6 is 11.6 Å². The molecule has 2 fully saturated rings. The molecule has 3 rings (SSSR count). The molecular weight excluding hydrogens is 366 g/mol. The highest BCUT2D eigenvalue weighted by Crippen LogP contribution is 2.52. The van der Waals surface area contributed by atoms with Crippen LogP contribution in [0, 0.1) is 0 Å². The molecule has 2 heterocycles. The quantitative estimate of drug-likeness (QED) is 0.557. The SMILES string of the molecule is C=CCS(=O)(=O)C(O)CC1(c2cc(N3CCOCC3)nc(Cl)n2)CC1. The Bertz CT molecular complexity index is 746. The molecule has 7 nitrogen and oxygen atoms in total. The Kier molecular flexibility index (Phi) is 5.34. The Morgan fingerprint density at radius 2 is 2.08 bits per heavy atom. The average molecular weight is 388 g/mol. The van der Waals surface area contributed by atoms with Crippen LogP contribution in [0.25, 0.3) is 0 Å². The minimum absolute atomic E-state index is 0.110. The largest absolute Gasteiger partial charge is 0.378 e. The lowest BCUT2D eigenvalue weighted by Crippen LogP contribution is -2.37. The molecule has 9 heteroatoms. The van der Waals surface area contributed by atoms with Crippen molar-refractivity contribution in [2.75, 3.05) is 37.0 Å². The molecular formula is C16H22ClN3O4S. The number of aliphatic hydroxyl groups is 1. The van der Waals surface area contributed by atoms with Crippen LogP contribution in [0.3, 0.4) is 0 Å². The molecule has 138 valence electrons. The summed E-state index contributed by atoms with van der Waals surface area (Å²) in [5.74, 6) is 0.473. The zero-order valence-corrected chi connectivity index (χ0v) is 15.5. The van der Waals surface area contributed by atoms with Crippen molar-refractivity contribution in [3.05, 3.63) is 29.7 Å². The van der Waals surface area contributed by atoms with E-state index >= 15 is 0 Å². The van der Waals surface area contributed by atoms with E-state index < -0.39 is 20.7 Å². The van der Waals surface area contributed by atoms with Crippen LogP contribution in [0.1, 0.15) is 25.0 Å². The van der Waals surface area contributed by atoms with E-state index in [1.807, 2.05) is 6.07 Å². The van der Waals surface area contributed by atoms with Gasteiger partial charge < -0.3 is 14.7 Å². The highest BCUT2D eigenvalue weighted by atomic mass is 35.5. The number of sulfone groups is 1. The van der Waals surface area contributed by atoms with Gasteiger partial charge >= 0.3 is 0 Å². The molecule has 1 unspecified atom stereocenters. The van der Waals surface area contributed by atoms with Gasteiger partial charge in [-0.15, -0.1) is 6.58 Å². The lowest BCUT2D eigenvalue weighted by molar-refractivity contribution is 0.122. The predicted octanol–water partition coefficient (Wildman–Crippen LogP) is 1.31. The zero-order chi connectivity index (χ0) is 18.1. The van der Waals surface area contributed by atoms with Gasteiger partial charge in [0, 0.05) is 24.6 Å². The van der Waals surface area contributed by atoms with E-state index in [2.05, 4.69) is 21.4 Å². The van der Waals surface area contributed by atoms with Gasteiger partial charge in [-0.1, -0.05) is 6.08 Å². The fraction of sp³-hybridized carbons (Fsp3) is 0.625. The number of ether oxygens (including phenoxy) is 1. The standard InChI is InChI=1S/C16H22ClN3O4S/c1-2-9-25(22,23)14(21)11-16(3-4-16)12-10-13(19-15(17)18-12)20-5-7-24-8-6-20/h2,10,14,21H,1,3-9,11H2. The first-order chi connectivity index (χ1) is 11.9. The molecule has 0 radical (unpaired) electrons. The van der Waals surface area contributed by atoms with Crippen molar-refractivity contribution in [2.24, 2.45) is 0 Å². The molecule has 1 saturated carbocycles. The van der Waals surface area contributed by atoms with Crippen LogP contribution in [0.4, 0.5) is 5.82 Å². The summed E-state index contributed by atoms with van der Waals surface area (Å²) in [6.07, 6.45) is 2.93. The first-order valence-electron chi connectivity index (χ1n) is 8.25. The lowest BCUT2D eigenvalue weighted by Gasteiger charge is -2.28. The summed E-state index contributed by atoms with van der Waals surface area (Å²) in [6.45, 7) is 6.12. The number of aliphatic hydroxyl groups excluding tert-OH is 1. The van der Waals surface area contributed by atoms with Crippen molar-refractivity contribution in [2.45, 2.75) is 30.1 Å². The van der Waals surface area contributed by atoms with Crippen molar-refractivity contribution >= 4 is 27.3 Å². The number of aromatic nitrogens is 2. The molecule has 0 aromatic carbocycles. The van der Waals surface area contributed by atoms with Gasteiger partial charge in [-0.05, 0) is 30.9 Å². The Hall–Kier alpha value is -1.22. The third-order valence-electron chi connectivity index (χ3n) is 4.75. The summed E-state index contributed by atoms with van der Waals surface area (Å²) >= 11 is 6.11. The zero-order valence-electron chi connectivity index (χ0n) is 13.9. The van der Waals surface area contributed by atoms with Crippen LogP contribution in [0.2, 0.25) is 5.28 Å². The topological polar surface area (TPSA) is 92.6 Å². The van der Waals surface area contributed by atoms with Crippen molar-refractivity contribution in [1.29, 1.82) is 0 Å². The van der Waals surface area contributed by atoms with Crippen LogP contribution in [-0.2, 0) is 20.0 Å². The number of rotatable bonds is 7. The Morgan fingerprint density at radius 1 is 1.40 bits per heavy atom. The Balaban J connectivity index is 1.83. The fourth-order valence-electron chi connectivity index (χ4n) is 3.08. The summed E-state index contributed by atoms with van der Waals surface area (Å²) < 4.78 is 29.4. The average Bonchev–Trinajstić information content (AvgIpc) is 3.36. The monoisotopic (exact) mass is 387 g/mol. The molecule has 1 aromatic heterocycles. The molecule has 0 amide bonds. The maximum absolute atomic E-state index is 12.0. The van der Waals surface area contributed by atoms with E-state index in [4.69, 9.17) is 16.3 Å². The number of hydrogen-bond acceptors (Lipinski definition) is 7. The van der Waals surface area contributed by atoms with E-state index in [9.17, 15) is 13.5 Å². The molecule has 0 spiro atoms. The van der Waals surface area contributed by atoms with Crippen LogP contribution in [0.5, 0.6) is 0 Å². The van der Waals surface area contributed by atoms with Crippen molar-refractivity contribution < 1.29 is 18.3 Å². The summed E-state index contributed by atoms with van der Waals surface area (Å²) in [6, 6.07) is 1.86. The first kappa shape index (κ1) is 18.6. The summed E-state index contributed by atoms with van der Waals surface area (Å²) in [7, 11) is -3.62. The third kappa shape index (κ3) is 4.13. The van der Waals surface area contributed by atoms with Gasteiger partial charge in [0.15, 0.2) is 15.3 Å². The van der Waals surface area contributed by atoms with Gasteiger partial charge in [0.25, 0.3) is 0 Å². The minimum Gasteiger partial charge on any atom is -0.378 e. The lowest BCUT2D eigenvalue weighted by atomic mass is 9.98. The summed E-state index contributed by atoms with van der Waals surface area (Å²) in [5, 5.41) is 10.3. The number of halogens is 1. The number of hydrogen-bond donors (Lipinski definition) is 1. The molecule has 1 aromatic rings. The second-order valence-corrected chi connectivity index (χ2v) is 9.08. The normalized spacial score (nSPS) is 21.0. The fourth-order valence-corrected chi connectivity index (χ4v) is 4.39. The predicted molar refractivity (Wildman–Crippen MR) is 95.6 cm³/mol. The molecule has 2 aliphatic rings. The number of nitrogens with zero attached hydrogens (tertiary/aromatic N) is 3. The van der Waals surface area contributed by atoms with E-state index in [1.165, 1.54) is 6.08 Å². The summed E-state index contributed by atoms with van der Waals surface area (Å²) in [4.78, 5) is 10.7. The molecule has 1 atom stereocenters. The molecule has 25 heavy (non-hydrogen) atoms. The van der Waals surface area contributed by atoms with E-state index in [0.717, 1.165) is 25.9 Å². The van der Waals surface area contributed by atoms with E-state index in [-0.39, 0.29) is 17.5 Å². The molecule has 1 aliphatic carbocycles. The smallest absolute Gasteiger partial charge is 0.224 e. The third-order valence-corrected chi connectivity index (χ3v) is 6.61. The van der Waals surface area contributed by atoms with Crippen molar-refractivity contribution in [3.63, 3.8) is 0 Å². The van der Waals surface area contributed by atoms with Crippen molar-refractivity contribution in [1.82, 2.24) is 9.97 Å². The second kappa shape index (κ2) is 7.19. The highest BCUT2D eigenvalue weighted by molar-refractivity contribution is 7.91. The van der Waals surface area contributed by atoms with Gasteiger partial charge in [0.2, 0.25) is 5.28 Å². The maximum atomic E-state index is 12.0.